The topological polar surface area (TPSA) is 49.8 Å². The second-order valence-electron chi connectivity index (χ2n) is 5.11. The van der Waals surface area contributed by atoms with Gasteiger partial charge in [0.15, 0.2) is 0 Å². The van der Waals surface area contributed by atoms with E-state index < -0.39 is 0 Å². The molecule has 0 aliphatic heterocycles. The molecule has 1 fully saturated rings. The number of carbonyl (C=O) groups excluding carboxylic acids is 1. The molecule has 1 saturated carbocycles. The number of aliphatic hydroxyl groups is 1. The van der Waals surface area contributed by atoms with Gasteiger partial charge in [-0.25, -0.2) is 4.79 Å². The monoisotopic (exact) mass is 263 g/mol. The SMILES string of the molecule is CN(C(=O)OCc1ccccc1)[C@H]1CC[C@@H](O)CC1. The quantitative estimate of drug-likeness (QED) is 0.911. The van der Waals surface area contributed by atoms with Crippen molar-refractivity contribution in [1.29, 1.82) is 0 Å². The van der Waals surface area contributed by atoms with Gasteiger partial charge in [-0.1, -0.05) is 30.3 Å². The highest BCUT2D eigenvalue weighted by Crippen LogP contribution is 2.22. The van der Waals surface area contributed by atoms with Crippen LogP contribution >= 0.6 is 0 Å². The van der Waals surface area contributed by atoms with Crippen molar-refractivity contribution in [2.75, 3.05) is 7.05 Å². The molecule has 0 heterocycles. The minimum absolute atomic E-state index is 0.187. The van der Waals surface area contributed by atoms with Crippen molar-refractivity contribution >= 4 is 6.09 Å². The van der Waals surface area contributed by atoms with E-state index in [-0.39, 0.29) is 18.2 Å². The normalized spacial score (nSPS) is 22.8. The lowest BCUT2D eigenvalue weighted by Gasteiger charge is -2.32. The van der Waals surface area contributed by atoms with E-state index in [4.69, 9.17) is 4.74 Å². The molecule has 0 saturated heterocycles. The van der Waals surface area contributed by atoms with Crippen LogP contribution in [-0.2, 0) is 11.3 Å². The summed E-state index contributed by atoms with van der Waals surface area (Å²) in [6, 6.07) is 9.84. The summed E-state index contributed by atoms with van der Waals surface area (Å²) in [7, 11) is 1.77. The summed E-state index contributed by atoms with van der Waals surface area (Å²) in [4.78, 5) is 13.6. The fourth-order valence-electron chi connectivity index (χ4n) is 2.42. The number of amides is 1. The van der Waals surface area contributed by atoms with E-state index in [1.54, 1.807) is 11.9 Å². The zero-order valence-electron chi connectivity index (χ0n) is 11.3. The van der Waals surface area contributed by atoms with Crippen molar-refractivity contribution in [3.05, 3.63) is 35.9 Å². The van der Waals surface area contributed by atoms with Gasteiger partial charge in [0.25, 0.3) is 0 Å². The van der Waals surface area contributed by atoms with Crippen LogP contribution in [0.1, 0.15) is 31.2 Å². The Labute approximate surface area is 114 Å². The number of carbonyl (C=O) groups is 1. The Morgan fingerprint density at radius 2 is 1.89 bits per heavy atom. The molecule has 0 unspecified atom stereocenters. The van der Waals surface area contributed by atoms with E-state index in [0.717, 1.165) is 31.2 Å². The van der Waals surface area contributed by atoms with E-state index in [0.29, 0.717) is 6.61 Å². The van der Waals surface area contributed by atoms with Crippen LogP contribution in [0.5, 0.6) is 0 Å². The number of aliphatic hydroxyl groups excluding tert-OH is 1. The lowest BCUT2D eigenvalue weighted by Crippen LogP contribution is -2.40. The van der Waals surface area contributed by atoms with E-state index >= 15 is 0 Å². The molecule has 0 bridgehead atoms. The third kappa shape index (κ3) is 3.96. The van der Waals surface area contributed by atoms with Gasteiger partial charge in [0, 0.05) is 13.1 Å². The molecule has 4 nitrogen and oxygen atoms in total. The third-order valence-corrected chi connectivity index (χ3v) is 3.71. The highest BCUT2D eigenvalue weighted by atomic mass is 16.6. The van der Waals surface area contributed by atoms with E-state index in [2.05, 4.69) is 0 Å². The molecule has 1 aromatic rings. The fourth-order valence-corrected chi connectivity index (χ4v) is 2.42. The Bertz CT molecular complexity index is 399. The molecule has 1 aliphatic rings. The molecule has 0 spiro atoms. The van der Waals surface area contributed by atoms with Crippen molar-refractivity contribution in [3.63, 3.8) is 0 Å². The van der Waals surface area contributed by atoms with Crippen molar-refractivity contribution in [3.8, 4) is 0 Å². The number of rotatable bonds is 3. The summed E-state index contributed by atoms with van der Waals surface area (Å²) in [6.07, 6.45) is 2.73. The summed E-state index contributed by atoms with van der Waals surface area (Å²) >= 11 is 0. The number of benzene rings is 1. The van der Waals surface area contributed by atoms with Crippen LogP contribution < -0.4 is 0 Å². The van der Waals surface area contributed by atoms with E-state index in [1.165, 1.54) is 0 Å². The molecule has 19 heavy (non-hydrogen) atoms. The number of hydrogen-bond acceptors (Lipinski definition) is 3. The average Bonchev–Trinajstić information content (AvgIpc) is 2.46. The van der Waals surface area contributed by atoms with Crippen LogP contribution in [0.3, 0.4) is 0 Å². The summed E-state index contributed by atoms with van der Waals surface area (Å²) in [5.74, 6) is 0. The van der Waals surface area contributed by atoms with Crippen molar-refractivity contribution < 1.29 is 14.6 Å². The molecule has 1 amide bonds. The zero-order chi connectivity index (χ0) is 13.7. The Hall–Kier alpha value is -1.55. The fraction of sp³-hybridized carbons (Fsp3) is 0.533. The van der Waals surface area contributed by atoms with Gasteiger partial charge >= 0.3 is 6.09 Å². The Kier molecular flexibility index (Phi) is 4.80. The molecule has 104 valence electrons. The van der Waals surface area contributed by atoms with Crippen molar-refractivity contribution in [1.82, 2.24) is 4.90 Å². The van der Waals surface area contributed by atoms with Gasteiger partial charge in [-0.05, 0) is 31.2 Å². The maximum absolute atomic E-state index is 11.9. The molecular weight excluding hydrogens is 242 g/mol. The molecule has 1 aromatic carbocycles. The highest BCUT2D eigenvalue weighted by Gasteiger charge is 2.26. The predicted molar refractivity (Wildman–Crippen MR) is 72.7 cm³/mol. The van der Waals surface area contributed by atoms with Crippen LogP contribution in [0.25, 0.3) is 0 Å². The highest BCUT2D eigenvalue weighted by molar-refractivity contribution is 5.67. The standard InChI is InChI=1S/C15H21NO3/c1-16(13-7-9-14(17)10-8-13)15(18)19-11-12-5-3-2-4-6-12/h2-6,13-14,17H,7-11H2,1H3/t13-,14+. The third-order valence-electron chi connectivity index (χ3n) is 3.71. The first-order chi connectivity index (χ1) is 9.16. The van der Waals surface area contributed by atoms with Crippen LogP contribution in [0, 0.1) is 0 Å². The van der Waals surface area contributed by atoms with Crippen molar-refractivity contribution in [2.24, 2.45) is 0 Å². The second kappa shape index (κ2) is 6.57. The van der Waals surface area contributed by atoms with Crippen LogP contribution in [0.4, 0.5) is 4.79 Å². The van der Waals surface area contributed by atoms with Crippen LogP contribution in [-0.4, -0.2) is 35.3 Å². The molecular formula is C15H21NO3. The van der Waals surface area contributed by atoms with Gasteiger partial charge in [-0.3, -0.25) is 0 Å². The lowest BCUT2D eigenvalue weighted by atomic mass is 9.92. The Morgan fingerprint density at radius 1 is 1.26 bits per heavy atom. The molecule has 0 atom stereocenters. The molecule has 1 aliphatic carbocycles. The maximum Gasteiger partial charge on any atom is 0.410 e. The van der Waals surface area contributed by atoms with Gasteiger partial charge in [0.1, 0.15) is 6.61 Å². The average molecular weight is 263 g/mol. The van der Waals surface area contributed by atoms with Crippen LogP contribution in [0.15, 0.2) is 30.3 Å². The second-order valence-corrected chi connectivity index (χ2v) is 5.11. The lowest BCUT2D eigenvalue weighted by molar-refractivity contribution is 0.0596. The predicted octanol–water partition coefficient (Wildman–Crippen LogP) is 2.56. The smallest absolute Gasteiger partial charge is 0.410 e. The Balaban J connectivity index is 1.79. The van der Waals surface area contributed by atoms with E-state index in [9.17, 15) is 9.90 Å². The zero-order valence-corrected chi connectivity index (χ0v) is 11.3. The largest absolute Gasteiger partial charge is 0.445 e. The minimum atomic E-state index is -0.287. The molecule has 4 heteroatoms. The van der Waals surface area contributed by atoms with Gasteiger partial charge in [-0.15, -0.1) is 0 Å². The minimum Gasteiger partial charge on any atom is -0.445 e. The summed E-state index contributed by atoms with van der Waals surface area (Å²) in [6.45, 7) is 0.305. The number of nitrogens with zero attached hydrogens (tertiary/aromatic N) is 1. The molecule has 1 N–H and O–H groups in total. The first-order valence-electron chi connectivity index (χ1n) is 6.78. The first-order valence-corrected chi connectivity index (χ1v) is 6.78. The van der Waals surface area contributed by atoms with Gasteiger partial charge in [-0.2, -0.15) is 0 Å². The number of ether oxygens (including phenoxy) is 1. The summed E-state index contributed by atoms with van der Waals surface area (Å²) < 4.78 is 5.29. The van der Waals surface area contributed by atoms with E-state index in [1.807, 2.05) is 30.3 Å². The van der Waals surface area contributed by atoms with Gasteiger partial charge in [0.05, 0.1) is 6.10 Å². The molecule has 2 rings (SSSR count). The Morgan fingerprint density at radius 3 is 2.53 bits per heavy atom. The number of hydrogen-bond donors (Lipinski definition) is 1. The van der Waals surface area contributed by atoms with Crippen molar-refractivity contribution in [2.45, 2.75) is 44.4 Å². The maximum atomic E-state index is 11.9. The summed E-state index contributed by atoms with van der Waals surface area (Å²) in [5, 5.41) is 9.46. The molecule has 0 aromatic heterocycles. The first kappa shape index (κ1) is 13.9. The van der Waals surface area contributed by atoms with Gasteiger partial charge in [0.2, 0.25) is 0 Å². The van der Waals surface area contributed by atoms with Gasteiger partial charge < -0.3 is 14.7 Å². The van der Waals surface area contributed by atoms with Crippen LogP contribution in [0.2, 0.25) is 0 Å². The summed E-state index contributed by atoms with van der Waals surface area (Å²) in [5.41, 5.74) is 0.989. The molecule has 0 radical (unpaired) electrons.